The second-order valence-corrected chi connectivity index (χ2v) is 7.19. The highest BCUT2D eigenvalue weighted by Gasteiger charge is 2.49. The molecular weight excluding hydrogens is 236 g/mol. The van der Waals surface area contributed by atoms with E-state index < -0.39 is 0 Å². The highest BCUT2D eigenvalue weighted by molar-refractivity contribution is 5.07. The molecule has 0 aliphatic carbocycles. The lowest BCUT2D eigenvalue weighted by molar-refractivity contribution is -0.0157. The number of rotatable bonds is 2. The number of likely N-dealkylation sites (tertiary alicyclic amines) is 1. The minimum Gasteiger partial charge on any atom is -0.329 e. The maximum absolute atomic E-state index is 6.24. The molecule has 0 bridgehead atoms. The molecule has 4 heteroatoms. The number of fused-ring (bicyclic) bond motifs is 1. The van der Waals surface area contributed by atoms with E-state index in [-0.39, 0.29) is 5.54 Å². The average Bonchev–Trinajstić information content (AvgIpc) is 2.94. The summed E-state index contributed by atoms with van der Waals surface area (Å²) in [4.78, 5) is 7.95. The first-order valence-electron chi connectivity index (χ1n) is 7.97. The first-order valence-corrected chi connectivity index (χ1v) is 7.97. The normalized spacial score (nSPS) is 45.8. The summed E-state index contributed by atoms with van der Waals surface area (Å²) in [6, 6.07) is 2.11. The topological polar surface area (TPSA) is 35.7 Å². The van der Waals surface area contributed by atoms with Crippen LogP contribution in [0.2, 0.25) is 0 Å². The van der Waals surface area contributed by atoms with E-state index in [4.69, 9.17) is 5.73 Å². The lowest BCUT2D eigenvalue weighted by Crippen LogP contribution is -2.66. The molecular formula is C15H30N4. The minimum atomic E-state index is 0.224. The smallest absolute Gasteiger partial charge is 0.0477 e. The third kappa shape index (κ3) is 2.23. The number of nitrogens with two attached hydrogens (primary N) is 1. The Bertz CT molecular complexity index is 322. The zero-order valence-corrected chi connectivity index (χ0v) is 12.8. The van der Waals surface area contributed by atoms with Gasteiger partial charge in [0.25, 0.3) is 0 Å². The predicted octanol–water partition coefficient (Wildman–Crippen LogP) is 0.576. The van der Waals surface area contributed by atoms with E-state index in [1.54, 1.807) is 0 Å². The van der Waals surface area contributed by atoms with Crippen molar-refractivity contribution in [2.24, 2.45) is 5.73 Å². The summed E-state index contributed by atoms with van der Waals surface area (Å²) in [6.45, 7) is 10.5. The molecule has 110 valence electrons. The summed E-state index contributed by atoms with van der Waals surface area (Å²) >= 11 is 0. The van der Waals surface area contributed by atoms with Crippen LogP contribution in [0.3, 0.4) is 0 Å². The second kappa shape index (κ2) is 4.99. The van der Waals surface area contributed by atoms with Gasteiger partial charge in [0.05, 0.1) is 0 Å². The van der Waals surface area contributed by atoms with Crippen LogP contribution in [0.5, 0.6) is 0 Å². The van der Waals surface area contributed by atoms with Crippen molar-refractivity contribution >= 4 is 0 Å². The Labute approximate surface area is 117 Å². The van der Waals surface area contributed by atoms with Crippen molar-refractivity contribution in [2.45, 2.75) is 56.8 Å². The molecule has 0 aromatic rings. The molecule has 0 saturated carbocycles. The molecule has 2 N–H and O–H groups in total. The van der Waals surface area contributed by atoms with Crippen molar-refractivity contribution in [3.05, 3.63) is 0 Å². The first kappa shape index (κ1) is 13.8. The molecule has 0 amide bonds. The Hall–Kier alpha value is -0.160. The molecule has 0 aromatic heterocycles. The number of hydrogen-bond acceptors (Lipinski definition) is 4. The largest absolute Gasteiger partial charge is 0.329 e. The van der Waals surface area contributed by atoms with Crippen LogP contribution in [-0.4, -0.2) is 78.1 Å². The van der Waals surface area contributed by atoms with Gasteiger partial charge in [0.1, 0.15) is 0 Å². The third-order valence-corrected chi connectivity index (χ3v) is 5.90. The highest BCUT2D eigenvalue weighted by Crippen LogP contribution is 2.36. The van der Waals surface area contributed by atoms with Crippen molar-refractivity contribution in [3.8, 4) is 0 Å². The molecule has 3 saturated heterocycles. The van der Waals surface area contributed by atoms with E-state index in [0.29, 0.717) is 12.1 Å². The maximum Gasteiger partial charge on any atom is 0.0477 e. The van der Waals surface area contributed by atoms with Gasteiger partial charge >= 0.3 is 0 Å². The van der Waals surface area contributed by atoms with Gasteiger partial charge in [0, 0.05) is 49.8 Å². The average molecular weight is 266 g/mol. The van der Waals surface area contributed by atoms with Gasteiger partial charge in [0.15, 0.2) is 0 Å². The Balaban J connectivity index is 1.79. The fourth-order valence-electron chi connectivity index (χ4n) is 4.71. The molecule has 0 aromatic carbocycles. The molecule has 3 aliphatic heterocycles. The fraction of sp³-hybridized carbons (Fsp3) is 1.00. The molecule has 19 heavy (non-hydrogen) atoms. The Morgan fingerprint density at radius 3 is 2.63 bits per heavy atom. The third-order valence-electron chi connectivity index (χ3n) is 5.90. The molecule has 0 radical (unpaired) electrons. The molecule has 4 nitrogen and oxygen atoms in total. The number of likely N-dealkylation sites (N-methyl/N-ethyl adjacent to an activating group) is 1. The van der Waals surface area contributed by atoms with Gasteiger partial charge in [-0.05, 0) is 46.7 Å². The van der Waals surface area contributed by atoms with Crippen LogP contribution in [0, 0.1) is 0 Å². The Kier molecular flexibility index (Phi) is 3.63. The molecule has 3 heterocycles. The molecule has 0 spiro atoms. The monoisotopic (exact) mass is 266 g/mol. The lowest BCUT2D eigenvalue weighted by Gasteiger charge is -2.51. The van der Waals surface area contributed by atoms with Crippen LogP contribution in [0.25, 0.3) is 0 Å². The van der Waals surface area contributed by atoms with Crippen molar-refractivity contribution in [2.75, 3.05) is 39.8 Å². The van der Waals surface area contributed by atoms with Gasteiger partial charge in [0.2, 0.25) is 0 Å². The fourth-order valence-corrected chi connectivity index (χ4v) is 4.71. The standard InChI is InChI=1S/C15H30N4/c1-12-7-15(10-16,11-17(12)3)19-9-14-5-4-6-18(14)8-13(19)2/h12-14H,4-11,16H2,1-3H3. The summed E-state index contributed by atoms with van der Waals surface area (Å²) in [5.74, 6) is 0. The van der Waals surface area contributed by atoms with E-state index in [2.05, 4.69) is 35.6 Å². The van der Waals surface area contributed by atoms with Gasteiger partial charge in [-0.3, -0.25) is 9.80 Å². The van der Waals surface area contributed by atoms with Gasteiger partial charge in [-0.1, -0.05) is 0 Å². The van der Waals surface area contributed by atoms with E-state index in [1.807, 2.05) is 0 Å². The summed E-state index contributed by atoms with van der Waals surface area (Å²) < 4.78 is 0. The zero-order chi connectivity index (χ0) is 13.6. The Morgan fingerprint density at radius 2 is 2.00 bits per heavy atom. The van der Waals surface area contributed by atoms with Crippen molar-refractivity contribution < 1.29 is 0 Å². The summed E-state index contributed by atoms with van der Waals surface area (Å²) in [5, 5.41) is 0. The van der Waals surface area contributed by atoms with Gasteiger partial charge in [-0.2, -0.15) is 0 Å². The van der Waals surface area contributed by atoms with Crippen LogP contribution in [-0.2, 0) is 0 Å². The van der Waals surface area contributed by atoms with Crippen LogP contribution >= 0.6 is 0 Å². The van der Waals surface area contributed by atoms with Gasteiger partial charge in [-0.15, -0.1) is 0 Å². The van der Waals surface area contributed by atoms with Gasteiger partial charge < -0.3 is 10.6 Å². The van der Waals surface area contributed by atoms with Crippen LogP contribution in [0.1, 0.15) is 33.1 Å². The summed E-state index contributed by atoms with van der Waals surface area (Å²) in [6.07, 6.45) is 4.00. The van der Waals surface area contributed by atoms with E-state index in [1.165, 1.54) is 38.9 Å². The van der Waals surface area contributed by atoms with Crippen molar-refractivity contribution in [3.63, 3.8) is 0 Å². The summed E-state index contributed by atoms with van der Waals surface area (Å²) in [7, 11) is 2.25. The molecule has 3 rings (SSSR count). The number of piperazine rings is 1. The minimum absolute atomic E-state index is 0.224. The van der Waals surface area contributed by atoms with E-state index >= 15 is 0 Å². The van der Waals surface area contributed by atoms with Crippen molar-refractivity contribution in [1.29, 1.82) is 0 Å². The highest BCUT2D eigenvalue weighted by atomic mass is 15.4. The first-order chi connectivity index (χ1) is 9.05. The molecule has 3 aliphatic rings. The second-order valence-electron chi connectivity index (χ2n) is 7.19. The number of nitrogens with zero attached hydrogens (tertiary/aromatic N) is 3. The Morgan fingerprint density at radius 1 is 1.21 bits per heavy atom. The summed E-state index contributed by atoms with van der Waals surface area (Å²) in [5.41, 5.74) is 6.47. The van der Waals surface area contributed by atoms with E-state index in [0.717, 1.165) is 19.1 Å². The van der Waals surface area contributed by atoms with Crippen LogP contribution in [0.4, 0.5) is 0 Å². The van der Waals surface area contributed by atoms with Crippen LogP contribution in [0.15, 0.2) is 0 Å². The van der Waals surface area contributed by atoms with E-state index in [9.17, 15) is 0 Å². The van der Waals surface area contributed by atoms with Crippen LogP contribution < -0.4 is 5.73 Å². The predicted molar refractivity (Wildman–Crippen MR) is 79.3 cm³/mol. The number of hydrogen-bond donors (Lipinski definition) is 1. The molecule has 3 fully saturated rings. The maximum atomic E-state index is 6.24. The molecule has 4 atom stereocenters. The zero-order valence-electron chi connectivity index (χ0n) is 12.8. The lowest BCUT2D eigenvalue weighted by atomic mass is 9.90. The van der Waals surface area contributed by atoms with Gasteiger partial charge in [-0.25, -0.2) is 0 Å². The quantitative estimate of drug-likeness (QED) is 0.793. The molecule has 4 unspecified atom stereocenters. The van der Waals surface area contributed by atoms with Crippen molar-refractivity contribution in [1.82, 2.24) is 14.7 Å². The SMILES string of the molecule is CC1CC(CN)(N2CC3CCCN3CC2C)CN1C.